The molecule has 4 aromatic rings. The van der Waals surface area contributed by atoms with Crippen molar-refractivity contribution in [3.8, 4) is 0 Å². The molecular formula is C28H22N2O2S2. The van der Waals surface area contributed by atoms with Crippen LogP contribution in [0.4, 0.5) is 5.69 Å². The summed E-state index contributed by atoms with van der Waals surface area (Å²) in [4.78, 5) is 27.8. The summed E-state index contributed by atoms with van der Waals surface area (Å²) in [5.41, 5.74) is 2.82. The summed E-state index contributed by atoms with van der Waals surface area (Å²) < 4.78 is 0.476. The first-order chi connectivity index (χ1) is 16.5. The van der Waals surface area contributed by atoms with Crippen LogP contribution in [0.2, 0.25) is 0 Å². The monoisotopic (exact) mass is 482 g/mol. The van der Waals surface area contributed by atoms with Gasteiger partial charge in [0.05, 0.1) is 4.91 Å². The molecule has 0 aromatic heterocycles. The van der Waals surface area contributed by atoms with Crippen LogP contribution in [-0.2, 0) is 9.59 Å². The Bertz CT molecular complexity index is 1440. The highest BCUT2D eigenvalue weighted by Gasteiger charge is 2.32. The van der Waals surface area contributed by atoms with Crippen molar-refractivity contribution in [1.82, 2.24) is 4.90 Å². The third-order valence-corrected chi connectivity index (χ3v) is 7.20. The topological polar surface area (TPSA) is 49.4 Å². The highest BCUT2D eigenvalue weighted by Crippen LogP contribution is 2.36. The van der Waals surface area contributed by atoms with Crippen molar-refractivity contribution < 1.29 is 9.59 Å². The fourth-order valence-electron chi connectivity index (χ4n) is 4.19. The van der Waals surface area contributed by atoms with Gasteiger partial charge in [0, 0.05) is 18.7 Å². The number of hydrogen-bond acceptors (Lipinski definition) is 4. The Morgan fingerprint density at radius 3 is 2.32 bits per heavy atom. The van der Waals surface area contributed by atoms with Crippen LogP contribution in [0.25, 0.3) is 27.6 Å². The molecule has 0 saturated carbocycles. The van der Waals surface area contributed by atoms with Crippen molar-refractivity contribution in [1.29, 1.82) is 0 Å². The van der Waals surface area contributed by atoms with Crippen molar-refractivity contribution in [2.24, 2.45) is 0 Å². The Morgan fingerprint density at radius 2 is 1.65 bits per heavy atom. The van der Waals surface area contributed by atoms with Gasteiger partial charge in [-0.2, -0.15) is 0 Å². The normalized spacial score (nSPS) is 15.0. The minimum Gasteiger partial charge on any atom is -0.326 e. The molecule has 2 amide bonds. The van der Waals surface area contributed by atoms with Crippen LogP contribution in [0.3, 0.4) is 0 Å². The molecule has 1 saturated heterocycles. The van der Waals surface area contributed by atoms with Gasteiger partial charge >= 0.3 is 0 Å². The quantitative estimate of drug-likeness (QED) is 0.200. The van der Waals surface area contributed by atoms with Crippen molar-refractivity contribution in [3.63, 3.8) is 0 Å². The molecule has 168 valence electrons. The van der Waals surface area contributed by atoms with Gasteiger partial charge in [-0.1, -0.05) is 84.6 Å². The molecule has 0 spiro atoms. The number of amides is 2. The number of rotatable bonds is 5. The highest BCUT2D eigenvalue weighted by molar-refractivity contribution is 8.26. The van der Waals surface area contributed by atoms with Crippen LogP contribution in [0.1, 0.15) is 17.5 Å². The maximum Gasteiger partial charge on any atom is 0.266 e. The fourth-order valence-corrected chi connectivity index (χ4v) is 5.48. The predicted octanol–water partition coefficient (Wildman–Crippen LogP) is 6.53. The third kappa shape index (κ3) is 4.47. The van der Waals surface area contributed by atoms with E-state index in [1.165, 1.54) is 16.7 Å². The maximum atomic E-state index is 13.2. The van der Waals surface area contributed by atoms with Gasteiger partial charge in [0.25, 0.3) is 5.91 Å². The van der Waals surface area contributed by atoms with Crippen molar-refractivity contribution in [2.45, 2.75) is 13.3 Å². The van der Waals surface area contributed by atoms with Gasteiger partial charge in [0.1, 0.15) is 4.32 Å². The van der Waals surface area contributed by atoms with Gasteiger partial charge in [-0.3, -0.25) is 14.5 Å². The fraction of sp³-hybridized carbons (Fsp3) is 0.107. The first-order valence-electron chi connectivity index (χ1n) is 11.0. The van der Waals surface area contributed by atoms with Crippen LogP contribution in [0.5, 0.6) is 0 Å². The van der Waals surface area contributed by atoms with Gasteiger partial charge in [-0.15, -0.1) is 0 Å². The zero-order valence-corrected chi connectivity index (χ0v) is 20.2. The molecule has 1 fully saturated rings. The van der Waals surface area contributed by atoms with E-state index in [0.717, 1.165) is 38.4 Å². The number of carbonyl (C=O) groups is 2. The minimum absolute atomic E-state index is 0.149. The molecule has 5 rings (SSSR count). The summed E-state index contributed by atoms with van der Waals surface area (Å²) in [6.45, 7) is 2.22. The van der Waals surface area contributed by atoms with Crippen LogP contribution in [0, 0.1) is 6.92 Å². The number of carbonyl (C=O) groups excluding carboxylic acids is 2. The van der Waals surface area contributed by atoms with E-state index in [-0.39, 0.29) is 24.8 Å². The van der Waals surface area contributed by atoms with Gasteiger partial charge in [0.2, 0.25) is 5.91 Å². The summed E-state index contributed by atoms with van der Waals surface area (Å²) >= 11 is 6.79. The summed E-state index contributed by atoms with van der Waals surface area (Å²) in [6, 6.07) is 26.2. The zero-order chi connectivity index (χ0) is 23.7. The van der Waals surface area contributed by atoms with Crippen molar-refractivity contribution >= 4 is 73.4 Å². The van der Waals surface area contributed by atoms with Crippen LogP contribution in [0.15, 0.2) is 83.8 Å². The largest absolute Gasteiger partial charge is 0.326 e. The standard InChI is InChI=1S/C28H22N2O2S2/c1-18-7-6-10-21(15-18)29-26(31)13-14-30-27(32)25(34-28(30)33)17-24-22-11-4-2-8-19(22)16-20-9-3-5-12-23(20)24/h2-12,15-17H,13-14H2,1H3,(H,29,31)/b25-17-. The van der Waals surface area contributed by atoms with E-state index in [1.807, 2.05) is 61.5 Å². The summed E-state index contributed by atoms with van der Waals surface area (Å²) in [5, 5.41) is 7.30. The second kappa shape index (κ2) is 9.41. The minimum atomic E-state index is -0.157. The molecule has 0 radical (unpaired) electrons. The van der Waals surface area contributed by atoms with Crippen LogP contribution in [-0.4, -0.2) is 27.6 Å². The lowest BCUT2D eigenvalue weighted by molar-refractivity contribution is -0.122. The molecule has 6 heteroatoms. The van der Waals surface area contributed by atoms with E-state index >= 15 is 0 Å². The lowest BCUT2D eigenvalue weighted by Gasteiger charge is -2.14. The van der Waals surface area contributed by atoms with E-state index in [2.05, 4.69) is 35.6 Å². The van der Waals surface area contributed by atoms with Gasteiger partial charge < -0.3 is 5.32 Å². The molecule has 1 heterocycles. The molecule has 0 aliphatic carbocycles. The Hall–Kier alpha value is -3.48. The molecule has 1 N–H and O–H groups in total. The number of thiocarbonyl (C=S) groups is 1. The molecule has 0 bridgehead atoms. The first kappa shape index (κ1) is 22.3. The number of nitrogens with one attached hydrogen (secondary N) is 1. The second-order valence-electron chi connectivity index (χ2n) is 8.23. The first-order valence-corrected chi connectivity index (χ1v) is 12.2. The summed E-state index contributed by atoms with van der Waals surface area (Å²) in [6.07, 6.45) is 2.11. The lowest BCUT2D eigenvalue weighted by Crippen LogP contribution is -2.31. The smallest absolute Gasteiger partial charge is 0.266 e. The molecule has 0 atom stereocenters. The molecule has 34 heavy (non-hydrogen) atoms. The molecule has 1 aliphatic heterocycles. The van der Waals surface area contributed by atoms with E-state index in [4.69, 9.17) is 12.2 Å². The number of thioether (sulfide) groups is 1. The van der Waals surface area contributed by atoms with Gasteiger partial charge in [-0.05, 0) is 63.9 Å². The number of fused-ring (bicyclic) bond motifs is 2. The number of hydrogen-bond donors (Lipinski definition) is 1. The molecule has 4 aromatic carbocycles. The summed E-state index contributed by atoms with van der Waals surface area (Å²) in [5.74, 6) is -0.306. The predicted molar refractivity (Wildman–Crippen MR) is 146 cm³/mol. The van der Waals surface area contributed by atoms with E-state index in [9.17, 15) is 9.59 Å². The van der Waals surface area contributed by atoms with Crippen LogP contribution >= 0.6 is 24.0 Å². The average Bonchev–Trinajstić information content (AvgIpc) is 3.09. The zero-order valence-electron chi connectivity index (χ0n) is 18.6. The molecule has 1 aliphatic rings. The van der Waals surface area contributed by atoms with Gasteiger partial charge in [-0.25, -0.2) is 0 Å². The van der Waals surface area contributed by atoms with E-state index < -0.39 is 0 Å². The number of anilines is 1. The third-order valence-electron chi connectivity index (χ3n) is 5.83. The number of nitrogens with zero attached hydrogens (tertiary/aromatic N) is 1. The van der Waals surface area contributed by atoms with Crippen LogP contribution < -0.4 is 5.32 Å². The molecule has 4 nitrogen and oxygen atoms in total. The second-order valence-corrected chi connectivity index (χ2v) is 9.91. The van der Waals surface area contributed by atoms with E-state index in [1.54, 1.807) is 0 Å². The van der Waals surface area contributed by atoms with E-state index in [0.29, 0.717) is 9.23 Å². The Labute approximate surface area is 207 Å². The van der Waals surface area contributed by atoms with Crippen molar-refractivity contribution in [2.75, 3.05) is 11.9 Å². The Morgan fingerprint density at radius 1 is 0.971 bits per heavy atom. The van der Waals surface area contributed by atoms with Crippen molar-refractivity contribution in [3.05, 3.63) is 94.9 Å². The highest BCUT2D eigenvalue weighted by atomic mass is 32.2. The van der Waals surface area contributed by atoms with Gasteiger partial charge in [0.15, 0.2) is 0 Å². The average molecular weight is 483 g/mol. The Balaban J connectivity index is 1.39. The number of benzene rings is 4. The summed E-state index contributed by atoms with van der Waals surface area (Å²) in [7, 11) is 0. The maximum absolute atomic E-state index is 13.2. The molecule has 0 unspecified atom stereocenters. The Kier molecular flexibility index (Phi) is 6.18. The molecular weight excluding hydrogens is 460 g/mol. The number of aryl methyl sites for hydroxylation is 1. The SMILES string of the molecule is Cc1cccc(NC(=O)CCN2C(=O)/C(=C/c3c4ccccc4cc4ccccc34)SC2=S)c1. The lowest BCUT2D eigenvalue weighted by atomic mass is 9.96.